The van der Waals surface area contributed by atoms with Gasteiger partial charge in [-0.15, -0.1) is 11.3 Å². The monoisotopic (exact) mass is 460 g/mol. The van der Waals surface area contributed by atoms with Gasteiger partial charge >= 0.3 is 0 Å². The maximum atomic E-state index is 13.6. The number of aryl methyl sites for hydroxylation is 1. The number of nitrogens with zero attached hydrogens (tertiary/aromatic N) is 2. The molecule has 4 heterocycles. The molecule has 0 fully saturated rings. The van der Waals surface area contributed by atoms with Gasteiger partial charge in [-0.05, 0) is 48.7 Å². The highest BCUT2D eigenvalue weighted by Gasteiger charge is 2.45. The van der Waals surface area contributed by atoms with Gasteiger partial charge in [-0.3, -0.25) is 14.5 Å². The van der Waals surface area contributed by atoms with Gasteiger partial charge in [0, 0.05) is 4.88 Å². The van der Waals surface area contributed by atoms with Crippen molar-refractivity contribution >= 4 is 54.9 Å². The van der Waals surface area contributed by atoms with Crippen molar-refractivity contribution in [2.24, 2.45) is 0 Å². The molecule has 5 aromatic rings. The van der Waals surface area contributed by atoms with Gasteiger partial charge in [-0.25, -0.2) is 4.98 Å². The highest BCUT2D eigenvalue weighted by Crippen LogP contribution is 2.45. The first-order valence-electron chi connectivity index (χ1n) is 9.94. The Morgan fingerprint density at radius 1 is 1.12 bits per heavy atom. The van der Waals surface area contributed by atoms with E-state index < -0.39 is 6.04 Å². The molecule has 1 aliphatic heterocycles. The zero-order valence-electron chi connectivity index (χ0n) is 17.1. The maximum Gasteiger partial charge on any atom is 0.297 e. The Morgan fingerprint density at radius 3 is 2.78 bits per heavy atom. The van der Waals surface area contributed by atoms with Crippen molar-refractivity contribution in [3.8, 4) is 5.75 Å². The number of ether oxygens (including phenoxy) is 1. The van der Waals surface area contributed by atoms with Crippen LogP contribution in [-0.4, -0.2) is 18.0 Å². The summed E-state index contributed by atoms with van der Waals surface area (Å²) < 4.78 is 12.2. The number of anilines is 1. The quantitative estimate of drug-likeness (QED) is 0.354. The second-order valence-corrected chi connectivity index (χ2v) is 9.59. The maximum absolute atomic E-state index is 13.6. The lowest BCUT2D eigenvalue weighted by atomic mass is 10.0. The van der Waals surface area contributed by atoms with Crippen LogP contribution in [0, 0.1) is 6.92 Å². The van der Waals surface area contributed by atoms with Crippen LogP contribution in [0.4, 0.5) is 5.13 Å². The molecule has 3 aromatic heterocycles. The number of aromatic nitrogens is 1. The van der Waals surface area contributed by atoms with E-state index in [1.807, 2.05) is 54.8 Å². The van der Waals surface area contributed by atoms with Crippen molar-refractivity contribution in [1.82, 2.24) is 4.98 Å². The van der Waals surface area contributed by atoms with Crippen LogP contribution in [0.15, 0.2) is 63.1 Å². The summed E-state index contributed by atoms with van der Waals surface area (Å²) in [5, 5.41) is 2.93. The van der Waals surface area contributed by atoms with Gasteiger partial charge in [0.25, 0.3) is 5.91 Å². The van der Waals surface area contributed by atoms with Gasteiger partial charge in [-0.2, -0.15) is 0 Å². The van der Waals surface area contributed by atoms with Crippen molar-refractivity contribution in [1.29, 1.82) is 0 Å². The van der Waals surface area contributed by atoms with E-state index in [1.165, 1.54) is 22.7 Å². The molecule has 0 saturated carbocycles. The molecule has 8 heteroatoms. The summed E-state index contributed by atoms with van der Waals surface area (Å²) in [5.74, 6) is 0.447. The fraction of sp³-hybridized carbons (Fsp3) is 0.125. The number of hydrogen-bond donors (Lipinski definition) is 0. The van der Waals surface area contributed by atoms with E-state index in [9.17, 15) is 9.59 Å². The molecule has 6 nitrogen and oxygen atoms in total. The summed E-state index contributed by atoms with van der Waals surface area (Å²) in [6.45, 7) is 1.93. The van der Waals surface area contributed by atoms with E-state index in [0.717, 1.165) is 26.4 Å². The first kappa shape index (κ1) is 19.2. The fourth-order valence-electron chi connectivity index (χ4n) is 4.12. The molecule has 0 radical (unpaired) electrons. The van der Waals surface area contributed by atoms with Crippen LogP contribution in [0.1, 0.15) is 32.6 Å². The van der Waals surface area contributed by atoms with Gasteiger partial charge in [0.15, 0.2) is 10.6 Å². The van der Waals surface area contributed by atoms with Crippen molar-refractivity contribution in [3.63, 3.8) is 0 Å². The Bertz CT molecular complexity index is 1580. The third-order valence-corrected chi connectivity index (χ3v) is 7.57. The second kappa shape index (κ2) is 7.01. The highest BCUT2D eigenvalue weighted by molar-refractivity contribution is 7.22. The number of fused-ring (bicyclic) bond motifs is 3. The molecule has 1 amide bonds. The number of hydrogen-bond acceptors (Lipinski definition) is 7. The summed E-state index contributed by atoms with van der Waals surface area (Å²) in [6.07, 6.45) is 0. The van der Waals surface area contributed by atoms with Gasteiger partial charge < -0.3 is 9.15 Å². The number of carbonyl (C=O) groups excluding carboxylic acids is 1. The lowest BCUT2D eigenvalue weighted by Gasteiger charge is -2.20. The molecule has 0 spiro atoms. The zero-order valence-corrected chi connectivity index (χ0v) is 18.8. The third-order valence-electron chi connectivity index (χ3n) is 5.63. The smallest absolute Gasteiger partial charge is 0.297 e. The lowest BCUT2D eigenvalue weighted by Crippen LogP contribution is -2.28. The number of rotatable bonds is 3. The summed E-state index contributed by atoms with van der Waals surface area (Å²) >= 11 is 2.88. The Balaban J connectivity index is 1.61. The Morgan fingerprint density at radius 2 is 2.00 bits per heavy atom. The predicted molar refractivity (Wildman–Crippen MR) is 126 cm³/mol. The molecule has 158 valence electrons. The first-order chi connectivity index (χ1) is 15.5. The summed E-state index contributed by atoms with van der Waals surface area (Å²) in [4.78, 5) is 34.4. The largest absolute Gasteiger partial charge is 0.497 e. The normalized spacial score (nSPS) is 15.6. The molecule has 0 saturated heterocycles. The number of thiazole rings is 1. The van der Waals surface area contributed by atoms with Crippen molar-refractivity contribution < 1.29 is 13.9 Å². The second-order valence-electron chi connectivity index (χ2n) is 7.60. The molecule has 0 N–H and O–H groups in total. The molecule has 0 bridgehead atoms. The lowest BCUT2D eigenvalue weighted by molar-refractivity contribution is 0.0971. The summed E-state index contributed by atoms with van der Waals surface area (Å²) in [6, 6.07) is 14.3. The van der Waals surface area contributed by atoms with Crippen LogP contribution in [0.25, 0.3) is 21.2 Å². The Hall–Kier alpha value is -3.49. The zero-order chi connectivity index (χ0) is 22.0. The summed E-state index contributed by atoms with van der Waals surface area (Å²) in [7, 11) is 1.61. The number of thiophene rings is 1. The van der Waals surface area contributed by atoms with Gasteiger partial charge in [0.05, 0.1) is 28.3 Å². The van der Waals surface area contributed by atoms with Crippen LogP contribution in [0.5, 0.6) is 5.75 Å². The Labute approximate surface area is 190 Å². The average molecular weight is 461 g/mol. The third kappa shape index (κ3) is 2.73. The minimum absolute atomic E-state index is 0.0848. The number of carbonyl (C=O) groups is 1. The number of methoxy groups -OCH3 is 1. The van der Waals surface area contributed by atoms with E-state index in [-0.39, 0.29) is 17.1 Å². The van der Waals surface area contributed by atoms with Crippen molar-refractivity contribution in [2.75, 3.05) is 12.0 Å². The van der Waals surface area contributed by atoms with E-state index in [0.29, 0.717) is 21.7 Å². The van der Waals surface area contributed by atoms with Crippen molar-refractivity contribution in [2.45, 2.75) is 13.0 Å². The van der Waals surface area contributed by atoms with E-state index in [1.54, 1.807) is 18.1 Å². The van der Waals surface area contributed by atoms with E-state index in [4.69, 9.17) is 14.1 Å². The van der Waals surface area contributed by atoms with Crippen LogP contribution in [0.2, 0.25) is 0 Å². The molecule has 1 aliphatic rings. The average Bonchev–Trinajstić information content (AvgIpc) is 3.52. The van der Waals surface area contributed by atoms with E-state index >= 15 is 0 Å². The number of benzene rings is 2. The minimum atomic E-state index is -0.582. The SMILES string of the molecule is COc1ccc2nc(N3C(=O)c4oc5ccc(C)cc5c(=O)c4[C@@H]3c3cccs3)sc2c1. The Kier molecular flexibility index (Phi) is 4.21. The van der Waals surface area contributed by atoms with Gasteiger partial charge in [0.1, 0.15) is 17.4 Å². The van der Waals surface area contributed by atoms with Crippen LogP contribution in [-0.2, 0) is 0 Å². The van der Waals surface area contributed by atoms with Crippen molar-refractivity contribution in [3.05, 3.63) is 85.9 Å². The highest BCUT2D eigenvalue weighted by atomic mass is 32.1. The topological polar surface area (TPSA) is 72.6 Å². The molecule has 1 atom stereocenters. The fourth-order valence-corrected chi connectivity index (χ4v) is 5.97. The van der Waals surface area contributed by atoms with Crippen LogP contribution >= 0.6 is 22.7 Å². The molecule has 0 aliphatic carbocycles. The molecular weight excluding hydrogens is 444 g/mol. The summed E-state index contributed by atoms with van der Waals surface area (Å²) in [5.41, 5.74) is 2.32. The molecule has 2 aromatic carbocycles. The first-order valence-corrected chi connectivity index (χ1v) is 11.6. The minimum Gasteiger partial charge on any atom is -0.497 e. The van der Waals surface area contributed by atoms with Gasteiger partial charge in [-0.1, -0.05) is 29.0 Å². The molecule has 32 heavy (non-hydrogen) atoms. The molecular formula is C24H16N2O4S2. The van der Waals surface area contributed by atoms with E-state index in [2.05, 4.69) is 0 Å². The van der Waals surface area contributed by atoms with Gasteiger partial charge in [0.2, 0.25) is 5.76 Å². The predicted octanol–water partition coefficient (Wildman–Crippen LogP) is 5.53. The van der Waals surface area contributed by atoms with Crippen LogP contribution in [0.3, 0.4) is 0 Å². The number of amides is 1. The van der Waals surface area contributed by atoms with Crippen LogP contribution < -0.4 is 15.1 Å². The molecule has 6 rings (SSSR count). The standard InChI is InChI=1S/C24H16N2O4S2/c1-12-5-8-16-14(10-12)21(27)19-20(17-4-3-9-31-17)26(23(28)22(19)30-16)24-25-15-7-6-13(29-2)11-18(15)32-24/h3-11,20H,1-2H3/t20-/m0/s1. The molecule has 0 unspecified atom stereocenters.